The number of nitrogens with one attached hydrogen (secondary N) is 1. The average Bonchev–Trinajstić information content (AvgIpc) is 2.67. The standard InChI is InChI=1S/C19H32N2OS/c1-5-7-11-19(12-8-6-2)18(22)14-15-13-16(21(3)4)9-10-17(15)23-20-19/h9-10,13,18,20,22H,5-8,11-12,14H2,1-4H3. The van der Waals surface area contributed by atoms with E-state index < -0.39 is 0 Å². The minimum Gasteiger partial charge on any atom is -0.391 e. The maximum Gasteiger partial charge on any atom is 0.0770 e. The zero-order chi connectivity index (χ0) is 16.9. The van der Waals surface area contributed by atoms with Gasteiger partial charge in [0.2, 0.25) is 0 Å². The van der Waals surface area contributed by atoms with Gasteiger partial charge in [0, 0.05) is 31.1 Å². The molecule has 1 aliphatic heterocycles. The largest absolute Gasteiger partial charge is 0.391 e. The van der Waals surface area contributed by atoms with Crippen LogP contribution in [0.1, 0.15) is 57.9 Å². The fourth-order valence-corrected chi connectivity index (χ4v) is 4.34. The van der Waals surface area contributed by atoms with Crippen LogP contribution in [0.5, 0.6) is 0 Å². The molecule has 1 atom stereocenters. The fraction of sp³-hybridized carbons (Fsp3) is 0.684. The number of nitrogens with zero attached hydrogens (tertiary/aromatic N) is 1. The molecular formula is C19H32N2OS. The molecule has 3 nitrogen and oxygen atoms in total. The normalized spacial score (nSPS) is 20.0. The third kappa shape index (κ3) is 4.43. The molecule has 0 saturated carbocycles. The van der Waals surface area contributed by atoms with Crippen LogP contribution in [0.4, 0.5) is 5.69 Å². The number of hydrogen-bond acceptors (Lipinski definition) is 4. The lowest BCUT2D eigenvalue weighted by atomic mass is 9.80. The molecule has 0 radical (unpaired) electrons. The van der Waals surface area contributed by atoms with Crippen molar-refractivity contribution in [2.45, 2.75) is 75.3 Å². The number of anilines is 1. The zero-order valence-electron chi connectivity index (χ0n) is 15.1. The predicted molar refractivity (Wildman–Crippen MR) is 101 cm³/mol. The first-order valence-corrected chi connectivity index (χ1v) is 9.76. The number of aliphatic hydroxyl groups is 1. The Balaban J connectivity index is 2.25. The van der Waals surface area contributed by atoms with Gasteiger partial charge in [0.05, 0.1) is 11.6 Å². The van der Waals surface area contributed by atoms with E-state index in [0.29, 0.717) is 0 Å². The van der Waals surface area contributed by atoms with Crippen LogP contribution >= 0.6 is 11.9 Å². The summed E-state index contributed by atoms with van der Waals surface area (Å²) < 4.78 is 3.67. The van der Waals surface area contributed by atoms with Gasteiger partial charge in [-0.05, 0) is 48.6 Å². The predicted octanol–water partition coefficient (Wildman–Crippen LogP) is 4.39. The van der Waals surface area contributed by atoms with Crippen LogP contribution < -0.4 is 9.62 Å². The van der Waals surface area contributed by atoms with Crippen LogP contribution in [0.25, 0.3) is 0 Å². The molecule has 130 valence electrons. The minimum absolute atomic E-state index is 0.159. The first-order chi connectivity index (χ1) is 11.0. The summed E-state index contributed by atoms with van der Waals surface area (Å²) in [5, 5.41) is 11.0. The van der Waals surface area contributed by atoms with E-state index in [1.54, 1.807) is 11.9 Å². The number of fused-ring (bicyclic) bond motifs is 1. The minimum atomic E-state index is -0.327. The van der Waals surface area contributed by atoms with Crippen molar-refractivity contribution in [2.24, 2.45) is 0 Å². The molecular weight excluding hydrogens is 304 g/mol. The topological polar surface area (TPSA) is 35.5 Å². The number of hydrogen-bond donors (Lipinski definition) is 2. The molecule has 0 aromatic heterocycles. The summed E-state index contributed by atoms with van der Waals surface area (Å²) >= 11 is 1.71. The molecule has 1 aromatic rings. The van der Waals surface area contributed by atoms with Gasteiger partial charge < -0.3 is 10.0 Å². The van der Waals surface area contributed by atoms with Gasteiger partial charge >= 0.3 is 0 Å². The first kappa shape index (κ1) is 18.6. The summed E-state index contributed by atoms with van der Waals surface area (Å²) in [6, 6.07) is 6.57. The Kier molecular flexibility index (Phi) is 6.81. The highest BCUT2D eigenvalue weighted by atomic mass is 32.2. The lowest BCUT2D eigenvalue weighted by Crippen LogP contribution is -2.51. The summed E-state index contributed by atoms with van der Waals surface area (Å²) in [6.45, 7) is 4.45. The highest BCUT2D eigenvalue weighted by Gasteiger charge is 2.39. The third-order valence-electron chi connectivity index (χ3n) is 4.93. The van der Waals surface area contributed by atoms with Crippen LogP contribution in [-0.4, -0.2) is 30.8 Å². The summed E-state index contributed by atoms with van der Waals surface area (Å²) in [6.07, 6.45) is 7.17. The SMILES string of the molecule is CCCCC1(CCCC)NSc2ccc(N(C)C)cc2CC1O. The smallest absolute Gasteiger partial charge is 0.0770 e. The molecule has 0 bridgehead atoms. The van der Waals surface area contributed by atoms with Gasteiger partial charge in [0.25, 0.3) is 0 Å². The van der Waals surface area contributed by atoms with Crippen LogP contribution in [-0.2, 0) is 6.42 Å². The Morgan fingerprint density at radius 2 is 1.87 bits per heavy atom. The molecule has 23 heavy (non-hydrogen) atoms. The van der Waals surface area contributed by atoms with Crippen LogP contribution in [0, 0.1) is 0 Å². The Morgan fingerprint density at radius 3 is 2.43 bits per heavy atom. The summed E-state index contributed by atoms with van der Waals surface area (Å²) in [7, 11) is 4.13. The summed E-state index contributed by atoms with van der Waals surface area (Å²) in [4.78, 5) is 3.38. The monoisotopic (exact) mass is 336 g/mol. The van der Waals surface area contributed by atoms with E-state index in [-0.39, 0.29) is 11.6 Å². The number of aliphatic hydroxyl groups excluding tert-OH is 1. The lowest BCUT2D eigenvalue weighted by Gasteiger charge is -2.37. The average molecular weight is 337 g/mol. The van der Waals surface area contributed by atoms with Crippen molar-refractivity contribution in [1.29, 1.82) is 0 Å². The number of benzene rings is 1. The molecule has 1 heterocycles. The molecule has 1 aliphatic rings. The second-order valence-electron chi connectivity index (χ2n) is 6.97. The van der Waals surface area contributed by atoms with Gasteiger partial charge in [-0.3, -0.25) is 4.72 Å². The van der Waals surface area contributed by atoms with Gasteiger partial charge in [-0.2, -0.15) is 0 Å². The Labute approximate surface area is 146 Å². The zero-order valence-corrected chi connectivity index (χ0v) is 15.9. The summed E-state index contributed by atoms with van der Waals surface area (Å²) in [5.41, 5.74) is 2.30. The molecule has 1 unspecified atom stereocenters. The Hall–Kier alpha value is -0.710. The number of unbranched alkanes of at least 4 members (excludes halogenated alkanes) is 2. The molecule has 2 N–H and O–H groups in total. The van der Waals surface area contributed by atoms with Gasteiger partial charge in [-0.1, -0.05) is 39.5 Å². The number of rotatable bonds is 7. The van der Waals surface area contributed by atoms with E-state index in [9.17, 15) is 5.11 Å². The van der Waals surface area contributed by atoms with Gasteiger partial charge in [-0.25, -0.2) is 0 Å². The first-order valence-electron chi connectivity index (χ1n) is 8.94. The molecule has 0 amide bonds. The van der Waals surface area contributed by atoms with Gasteiger partial charge in [-0.15, -0.1) is 0 Å². The van der Waals surface area contributed by atoms with Crippen molar-refractivity contribution in [1.82, 2.24) is 4.72 Å². The molecule has 0 fully saturated rings. The van der Waals surface area contributed by atoms with E-state index in [1.807, 2.05) is 0 Å². The quantitative estimate of drug-likeness (QED) is 0.724. The van der Waals surface area contributed by atoms with E-state index in [1.165, 1.54) is 29.0 Å². The van der Waals surface area contributed by atoms with Crippen molar-refractivity contribution in [2.75, 3.05) is 19.0 Å². The van der Waals surface area contributed by atoms with E-state index in [4.69, 9.17) is 0 Å². The van der Waals surface area contributed by atoms with Crippen molar-refractivity contribution >= 4 is 17.6 Å². The molecule has 0 saturated heterocycles. The maximum absolute atomic E-state index is 11.0. The third-order valence-corrected chi connectivity index (χ3v) is 6.06. The lowest BCUT2D eigenvalue weighted by molar-refractivity contribution is 0.0616. The molecule has 2 rings (SSSR count). The molecule has 0 spiro atoms. The van der Waals surface area contributed by atoms with Crippen molar-refractivity contribution in [3.05, 3.63) is 23.8 Å². The second kappa shape index (κ2) is 8.41. The van der Waals surface area contributed by atoms with Crippen molar-refractivity contribution in [3.63, 3.8) is 0 Å². The Bertz CT molecular complexity index is 496. The van der Waals surface area contributed by atoms with E-state index in [2.05, 4.69) is 55.8 Å². The van der Waals surface area contributed by atoms with Gasteiger partial charge in [0.1, 0.15) is 0 Å². The maximum atomic E-state index is 11.0. The van der Waals surface area contributed by atoms with Crippen molar-refractivity contribution < 1.29 is 5.11 Å². The molecule has 1 aromatic carbocycles. The van der Waals surface area contributed by atoms with Gasteiger partial charge in [0.15, 0.2) is 0 Å². The van der Waals surface area contributed by atoms with Crippen LogP contribution in [0.3, 0.4) is 0 Å². The highest BCUT2D eigenvalue weighted by Crippen LogP contribution is 2.37. The second-order valence-corrected chi connectivity index (χ2v) is 7.82. The summed E-state index contributed by atoms with van der Waals surface area (Å²) in [5.74, 6) is 0. The van der Waals surface area contributed by atoms with E-state index in [0.717, 1.165) is 32.1 Å². The molecule has 0 aliphatic carbocycles. The van der Waals surface area contributed by atoms with Crippen LogP contribution in [0.2, 0.25) is 0 Å². The molecule has 4 heteroatoms. The van der Waals surface area contributed by atoms with Crippen molar-refractivity contribution in [3.8, 4) is 0 Å². The highest BCUT2D eigenvalue weighted by molar-refractivity contribution is 7.97. The fourth-order valence-electron chi connectivity index (χ4n) is 3.28. The Morgan fingerprint density at radius 1 is 1.22 bits per heavy atom. The van der Waals surface area contributed by atoms with E-state index >= 15 is 0 Å². The van der Waals surface area contributed by atoms with Crippen LogP contribution in [0.15, 0.2) is 23.1 Å².